The highest BCUT2D eigenvalue weighted by Crippen LogP contribution is 2.29. The standard InChI is InChI=1S/C22H20Cl2N6O2/c23-15-3-5-19(18(10-15)21(31)28-20-6-4-16(24)12-27-20)30(29-9-7-17(25)13-29)22(32)14-2-1-8-26-11-14/h1-6,8,10-12,17H,7,9,13,25H2,(H,27,28,31). The third kappa shape index (κ3) is 4.89. The number of benzene rings is 1. The molecule has 0 saturated carbocycles. The number of nitrogens with zero attached hydrogens (tertiary/aromatic N) is 4. The van der Waals surface area contributed by atoms with Crippen molar-refractivity contribution in [1.29, 1.82) is 0 Å². The van der Waals surface area contributed by atoms with Gasteiger partial charge in [-0.05, 0) is 48.9 Å². The molecule has 3 N–H and O–H groups in total. The van der Waals surface area contributed by atoms with E-state index < -0.39 is 5.91 Å². The third-order valence-electron chi connectivity index (χ3n) is 4.99. The van der Waals surface area contributed by atoms with Crippen LogP contribution in [0.25, 0.3) is 0 Å². The van der Waals surface area contributed by atoms with Crippen molar-refractivity contribution >= 4 is 46.5 Å². The number of hydrogen-bond acceptors (Lipinski definition) is 6. The van der Waals surface area contributed by atoms with Crippen molar-refractivity contribution < 1.29 is 9.59 Å². The molecule has 1 fully saturated rings. The number of rotatable bonds is 5. The lowest BCUT2D eigenvalue weighted by Crippen LogP contribution is -2.47. The van der Waals surface area contributed by atoms with Gasteiger partial charge >= 0.3 is 0 Å². The van der Waals surface area contributed by atoms with E-state index in [1.807, 2.05) is 5.01 Å². The molecule has 1 aliphatic rings. The molecule has 3 heterocycles. The second-order valence-corrected chi connectivity index (χ2v) is 8.17. The lowest BCUT2D eigenvalue weighted by Gasteiger charge is -2.33. The van der Waals surface area contributed by atoms with Crippen LogP contribution < -0.4 is 16.1 Å². The SMILES string of the molecule is NC1CCN(N(C(=O)c2cccnc2)c2ccc(Cl)cc2C(=O)Nc2ccc(Cl)cn2)C1. The summed E-state index contributed by atoms with van der Waals surface area (Å²) in [7, 11) is 0. The van der Waals surface area contributed by atoms with Crippen LogP contribution in [0.3, 0.4) is 0 Å². The van der Waals surface area contributed by atoms with Crippen molar-refractivity contribution in [1.82, 2.24) is 15.0 Å². The second-order valence-electron chi connectivity index (χ2n) is 7.30. The number of aromatic nitrogens is 2. The van der Waals surface area contributed by atoms with Crippen LogP contribution in [0.4, 0.5) is 11.5 Å². The van der Waals surface area contributed by atoms with Gasteiger partial charge in [0.1, 0.15) is 5.82 Å². The van der Waals surface area contributed by atoms with Gasteiger partial charge in [-0.15, -0.1) is 0 Å². The molecule has 1 saturated heterocycles. The molecule has 1 unspecified atom stereocenters. The number of pyridine rings is 2. The summed E-state index contributed by atoms with van der Waals surface area (Å²) < 4.78 is 0. The predicted octanol–water partition coefficient (Wildman–Crippen LogP) is 3.63. The molecule has 4 rings (SSSR count). The molecule has 2 amide bonds. The maximum absolute atomic E-state index is 13.5. The summed E-state index contributed by atoms with van der Waals surface area (Å²) in [6, 6.07) is 11.3. The van der Waals surface area contributed by atoms with Crippen molar-refractivity contribution in [2.45, 2.75) is 12.5 Å². The normalized spacial score (nSPS) is 16.0. The zero-order valence-corrected chi connectivity index (χ0v) is 18.4. The largest absolute Gasteiger partial charge is 0.326 e. The van der Waals surface area contributed by atoms with Crippen LogP contribution >= 0.6 is 23.2 Å². The Bertz CT molecular complexity index is 1130. The van der Waals surface area contributed by atoms with Crippen LogP contribution in [-0.4, -0.2) is 45.9 Å². The van der Waals surface area contributed by atoms with Gasteiger partial charge in [0.25, 0.3) is 11.8 Å². The molecule has 1 atom stereocenters. The fourth-order valence-electron chi connectivity index (χ4n) is 3.46. The highest BCUT2D eigenvalue weighted by atomic mass is 35.5. The first-order valence-corrected chi connectivity index (χ1v) is 10.7. The van der Waals surface area contributed by atoms with Gasteiger partial charge in [-0.3, -0.25) is 14.6 Å². The van der Waals surface area contributed by atoms with Crippen molar-refractivity contribution in [3.8, 4) is 0 Å². The lowest BCUT2D eigenvalue weighted by atomic mass is 10.1. The van der Waals surface area contributed by atoms with Gasteiger partial charge in [0, 0.05) is 42.7 Å². The van der Waals surface area contributed by atoms with E-state index in [-0.39, 0.29) is 17.5 Å². The number of nitrogens with two attached hydrogens (primary N) is 1. The topological polar surface area (TPSA) is 104 Å². The van der Waals surface area contributed by atoms with Gasteiger partial charge in [0.15, 0.2) is 0 Å². The van der Waals surface area contributed by atoms with E-state index in [1.54, 1.807) is 42.6 Å². The molecule has 1 aromatic carbocycles. The third-order valence-corrected chi connectivity index (χ3v) is 5.45. The Labute approximate surface area is 194 Å². The summed E-state index contributed by atoms with van der Waals surface area (Å²) in [6.07, 6.45) is 5.23. The van der Waals surface area contributed by atoms with Crippen molar-refractivity contribution in [3.05, 3.63) is 82.2 Å². The van der Waals surface area contributed by atoms with Crippen LogP contribution in [-0.2, 0) is 0 Å². The van der Waals surface area contributed by atoms with E-state index in [2.05, 4.69) is 15.3 Å². The van der Waals surface area contributed by atoms with Crippen molar-refractivity contribution in [2.24, 2.45) is 5.73 Å². The molecular weight excluding hydrogens is 451 g/mol. The van der Waals surface area contributed by atoms with Gasteiger partial charge in [-0.2, -0.15) is 0 Å². The molecule has 0 radical (unpaired) electrons. The van der Waals surface area contributed by atoms with E-state index >= 15 is 0 Å². The van der Waals surface area contributed by atoms with E-state index in [4.69, 9.17) is 28.9 Å². The molecule has 8 nitrogen and oxygen atoms in total. The minimum Gasteiger partial charge on any atom is -0.326 e. The van der Waals surface area contributed by atoms with Crippen molar-refractivity contribution in [2.75, 3.05) is 23.4 Å². The predicted molar refractivity (Wildman–Crippen MR) is 124 cm³/mol. The second kappa shape index (κ2) is 9.62. The number of hydrazine groups is 1. The molecule has 3 aromatic rings. The molecule has 164 valence electrons. The molecule has 32 heavy (non-hydrogen) atoms. The number of anilines is 2. The number of carbonyl (C=O) groups is 2. The molecular formula is C22H20Cl2N6O2. The Morgan fingerprint density at radius 2 is 1.94 bits per heavy atom. The average Bonchev–Trinajstić information content (AvgIpc) is 3.22. The Morgan fingerprint density at radius 1 is 1.12 bits per heavy atom. The number of nitrogens with one attached hydrogen (secondary N) is 1. The van der Waals surface area contributed by atoms with Crippen molar-refractivity contribution in [3.63, 3.8) is 0 Å². The van der Waals surface area contributed by atoms with Gasteiger partial charge in [-0.1, -0.05) is 23.2 Å². The van der Waals surface area contributed by atoms with Gasteiger partial charge in [-0.25, -0.2) is 15.0 Å². The zero-order valence-electron chi connectivity index (χ0n) is 16.9. The Balaban J connectivity index is 1.74. The van der Waals surface area contributed by atoms with Crippen LogP contribution in [0.15, 0.2) is 61.1 Å². The molecule has 0 bridgehead atoms. The molecule has 1 aliphatic heterocycles. The lowest BCUT2D eigenvalue weighted by molar-refractivity contribution is 0.0911. The quantitative estimate of drug-likeness (QED) is 0.589. The number of carbonyl (C=O) groups excluding carboxylic acids is 2. The minimum atomic E-state index is -0.468. The number of hydrogen-bond donors (Lipinski definition) is 2. The van der Waals surface area contributed by atoms with E-state index in [9.17, 15) is 9.59 Å². The van der Waals surface area contributed by atoms with E-state index in [1.165, 1.54) is 23.5 Å². The van der Waals surface area contributed by atoms with E-state index in [0.29, 0.717) is 40.2 Å². The molecule has 2 aromatic heterocycles. The summed E-state index contributed by atoms with van der Waals surface area (Å²) >= 11 is 12.1. The summed E-state index contributed by atoms with van der Waals surface area (Å²) in [5.41, 5.74) is 7.08. The van der Waals surface area contributed by atoms with Crippen LogP contribution in [0.5, 0.6) is 0 Å². The fraction of sp³-hybridized carbons (Fsp3) is 0.182. The summed E-state index contributed by atoms with van der Waals surface area (Å²) in [6.45, 7) is 1.03. The maximum Gasteiger partial charge on any atom is 0.274 e. The first-order chi connectivity index (χ1) is 15.4. The monoisotopic (exact) mass is 470 g/mol. The zero-order chi connectivity index (χ0) is 22.7. The first kappa shape index (κ1) is 22.2. The number of halogens is 2. The van der Waals surface area contributed by atoms with E-state index in [0.717, 1.165) is 6.42 Å². The maximum atomic E-state index is 13.5. The van der Waals surface area contributed by atoms with Crippen LogP contribution in [0, 0.1) is 0 Å². The Kier molecular flexibility index (Phi) is 6.66. The first-order valence-electron chi connectivity index (χ1n) is 9.90. The average molecular weight is 471 g/mol. The highest BCUT2D eigenvalue weighted by Gasteiger charge is 2.32. The molecule has 10 heteroatoms. The summed E-state index contributed by atoms with van der Waals surface area (Å²) in [5.74, 6) is -0.475. The number of amides is 2. The Morgan fingerprint density at radius 3 is 2.59 bits per heavy atom. The smallest absolute Gasteiger partial charge is 0.274 e. The van der Waals surface area contributed by atoms with Gasteiger partial charge in [0.05, 0.1) is 21.8 Å². The van der Waals surface area contributed by atoms with Crippen LogP contribution in [0.2, 0.25) is 10.0 Å². The summed E-state index contributed by atoms with van der Waals surface area (Å²) in [5, 5.41) is 6.84. The fourth-order valence-corrected chi connectivity index (χ4v) is 3.74. The molecule has 0 spiro atoms. The van der Waals surface area contributed by atoms with Gasteiger partial charge in [0.2, 0.25) is 0 Å². The molecule has 0 aliphatic carbocycles. The Hall–Kier alpha value is -3.04. The van der Waals surface area contributed by atoms with Crippen LogP contribution in [0.1, 0.15) is 27.1 Å². The highest BCUT2D eigenvalue weighted by molar-refractivity contribution is 6.31. The van der Waals surface area contributed by atoms with Gasteiger partial charge < -0.3 is 11.1 Å². The minimum absolute atomic E-state index is 0.0814. The summed E-state index contributed by atoms with van der Waals surface area (Å²) in [4.78, 5) is 34.8.